The zero-order chi connectivity index (χ0) is 15.3. The van der Waals surface area contributed by atoms with Crippen LogP contribution in [0.15, 0.2) is 12.3 Å². The van der Waals surface area contributed by atoms with Crippen LogP contribution in [0.3, 0.4) is 0 Å². The third-order valence-electron chi connectivity index (χ3n) is 2.56. The molecule has 9 heteroatoms. The number of carbonyl (C=O) groups excluding carboxylic acids is 1. The average Bonchev–Trinajstić information content (AvgIpc) is 2.35. The van der Waals surface area contributed by atoms with Gasteiger partial charge in [-0.3, -0.25) is 19.1 Å². The van der Waals surface area contributed by atoms with E-state index < -0.39 is 27.3 Å². The molecule has 20 heavy (non-hydrogen) atoms. The van der Waals surface area contributed by atoms with Crippen molar-refractivity contribution in [1.29, 1.82) is 0 Å². The average molecular weight is 300 g/mol. The minimum Gasteiger partial charge on any atom is -0.384 e. The number of hydrogen-bond acceptors (Lipinski definition) is 6. The van der Waals surface area contributed by atoms with Gasteiger partial charge in [-0.2, -0.15) is 0 Å². The molecule has 2 atom stereocenters. The van der Waals surface area contributed by atoms with Crippen molar-refractivity contribution in [1.82, 2.24) is 10.3 Å². The molecule has 0 aliphatic rings. The highest BCUT2D eigenvalue weighted by atomic mass is 32.2. The van der Waals surface area contributed by atoms with Crippen molar-refractivity contribution in [2.24, 2.45) is 0 Å². The molecule has 1 aromatic rings. The number of nitrogens with one attached hydrogen (secondary N) is 1. The number of anilines is 1. The molecule has 1 rings (SSSR count). The van der Waals surface area contributed by atoms with E-state index in [0.717, 1.165) is 12.3 Å². The van der Waals surface area contributed by atoms with Crippen molar-refractivity contribution < 1.29 is 13.9 Å². The molecule has 0 aliphatic heterocycles. The van der Waals surface area contributed by atoms with Gasteiger partial charge in [0, 0.05) is 28.9 Å². The molecule has 3 N–H and O–H groups in total. The van der Waals surface area contributed by atoms with Crippen LogP contribution in [0.4, 0.5) is 11.5 Å². The molecule has 2 unspecified atom stereocenters. The topological polar surface area (TPSA) is 128 Å². The number of amides is 1. The smallest absolute Gasteiger partial charge is 0.300 e. The summed E-state index contributed by atoms with van der Waals surface area (Å²) in [6.07, 6.45) is 3.04. The van der Waals surface area contributed by atoms with Crippen LogP contribution in [0.2, 0.25) is 0 Å². The van der Waals surface area contributed by atoms with Gasteiger partial charge in [-0.1, -0.05) is 0 Å². The number of hydrogen-bond donors (Lipinski definition) is 2. The highest BCUT2D eigenvalue weighted by Crippen LogP contribution is 2.19. The lowest BCUT2D eigenvalue weighted by Crippen LogP contribution is -2.34. The van der Waals surface area contributed by atoms with Crippen molar-refractivity contribution in [2.75, 3.05) is 17.7 Å². The number of aromatic nitrogens is 1. The molecule has 1 amide bonds. The standard InChI is InChI=1S/C11H16N4O4S/c1-7(3-4-20(2)19)14-11(16)8-5-10(12)13-6-9(8)15(17)18/h5-7H,3-4H2,1-2H3,(H2,12,13)(H,14,16). The van der Waals surface area contributed by atoms with Crippen molar-refractivity contribution in [2.45, 2.75) is 19.4 Å². The van der Waals surface area contributed by atoms with Crippen LogP contribution < -0.4 is 11.1 Å². The molecule has 110 valence electrons. The van der Waals surface area contributed by atoms with Gasteiger partial charge >= 0.3 is 0 Å². The monoisotopic (exact) mass is 300 g/mol. The minimum absolute atomic E-state index is 0.0306. The first kappa shape index (κ1) is 16.0. The quantitative estimate of drug-likeness (QED) is 0.580. The Hall–Kier alpha value is -2.03. The Labute approximate surface area is 118 Å². The molecule has 0 saturated heterocycles. The highest BCUT2D eigenvalue weighted by Gasteiger charge is 2.22. The first-order valence-corrected chi connectivity index (χ1v) is 7.54. The second kappa shape index (κ2) is 6.94. The summed E-state index contributed by atoms with van der Waals surface area (Å²) in [5, 5.41) is 13.5. The van der Waals surface area contributed by atoms with E-state index >= 15 is 0 Å². The fraction of sp³-hybridized carbons (Fsp3) is 0.455. The Kier molecular flexibility index (Phi) is 5.56. The molecule has 0 bridgehead atoms. The Morgan fingerprint density at radius 2 is 2.30 bits per heavy atom. The number of nitrogens with two attached hydrogens (primary N) is 1. The zero-order valence-electron chi connectivity index (χ0n) is 11.2. The summed E-state index contributed by atoms with van der Waals surface area (Å²) in [6.45, 7) is 1.74. The number of pyridine rings is 1. The molecular formula is C11H16N4O4S. The van der Waals surface area contributed by atoms with Gasteiger partial charge in [0.1, 0.15) is 17.6 Å². The van der Waals surface area contributed by atoms with Gasteiger partial charge in [0.2, 0.25) is 0 Å². The Bertz CT molecular complexity index is 549. The van der Waals surface area contributed by atoms with Crippen molar-refractivity contribution in [3.63, 3.8) is 0 Å². The van der Waals surface area contributed by atoms with Crippen LogP contribution in [0.5, 0.6) is 0 Å². The maximum atomic E-state index is 12.0. The van der Waals surface area contributed by atoms with Crippen LogP contribution in [0.25, 0.3) is 0 Å². The summed E-state index contributed by atoms with van der Waals surface area (Å²) in [7, 11) is -0.950. The number of carbonyl (C=O) groups is 1. The van der Waals surface area contributed by atoms with E-state index in [9.17, 15) is 19.1 Å². The Morgan fingerprint density at radius 1 is 1.65 bits per heavy atom. The van der Waals surface area contributed by atoms with E-state index in [1.165, 1.54) is 0 Å². The van der Waals surface area contributed by atoms with Crippen LogP contribution in [-0.4, -0.2) is 38.1 Å². The molecule has 0 saturated carbocycles. The molecule has 0 fully saturated rings. The number of nitro groups is 1. The molecule has 8 nitrogen and oxygen atoms in total. The summed E-state index contributed by atoms with van der Waals surface area (Å²) in [6, 6.07) is 0.915. The summed E-state index contributed by atoms with van der Waals surface area (Å²) in [4.78, 5) is 25.8. The lowest BCUT2D eigenvalue weighted by molar-refractivity contribution is -0.385. The second-order valence-electron chi connectivity index (χ2n) is 4.32. The van der Waals surface area contributed by atoms with E-state index in [-0.39, 0.29) is 17.4 Å². The lowest BCUT2D eigenvalue weighted by Gasteiger charge is -2.13. The number of nitrogen functional groups attached to an aromatic ring is 1. The van der Waals surface area contributed by atoms with Crippen LogP contribution in [-0.2, 0) is 10.8 Å². The van der Waals surface area contributed by atoms with Gasteiger partial charge in [0.05, 0.1) is 4.92 Å². The fourth-order valence-corrected chi connectivity index (χ4v) is 2.19. The van der Waals surface area contributed by atoms with Crippen molar-refractivity contribution in [3.8, 4) is 0 Å². The zero-order valence-corrected chi connectivity index (χ0v) is 12.0. The third-order valence-corrected chi connectivity index (χ3v) is 3.37. The van der Waals surface area contributed by atoms with Gasteiger partial charge in [-0.15, -0.1) is 0 Å². The first-order chi connectivity index (χ1) is 9.31. The lowest BCUT2D eigenvalue weighted by atomic mass is 10.2. The number of nitrogens with zero attached hydrogens (tertiary/aromatic N) is 2. The SMILES string of the molecule is CC(CCS(C)=O)NC(=O)c1cc(N)ncc1[N+](=O)[O-]. The van der Waals surface area contributed by atoms with Gasteiger partial charge < -0.3 is 11.1 Å². The predicted octanol–water partition coefficient (Wildman–Crippen LogP) is 0.459. The van der Waals surface area contributed by atoms with Gasteiger partial charge in [0.15, 0.2) is 0 Å². The molecule has 1 heterocycles. The third kappa shape index (κ3) is 4.57. The molecule has 0 spiro atoms. The van der Waals surface area contributed by atoms with E-state index in [0.29, 0.717) is 12.2 Å². The normalized spacial score (nSPS) is 13.5. The molecular weight excluding hydrogens is 284 g/mol. The Balaban J connectivity index is 2.84. The van der Waals surface area contributed by atoms with Gasteiger partial charge in [-0.05, 0) is 19.4 Å². The van der Waals surface area contributed by atoms with Crippen molar-refractivity contribution >= 4 is 28.2 Å². The van der Waals surface area contributed by atoms with Crippen molar-refractivity contribution in [3.05, 3.63) is 27.9 Å². The first-order valence-electron chi connectivity index (χ1n) is 5.82. The van der Waals surface area contributed by atoms with Crippen LogP contribution in [0.1, 0.15) is 23.7 Å². The van der Waals surface area contributed by atoms with E-state index in [1.807, 2.05) is 0 Å². The van der Waals surface area contributed by atoms with Crippen LogP contribution >= 0.6 is 0 Å². The number of rotatable bonds is 6. The summed E-state index contributed by atoms with van der Waals surface area (Å²) < 4.78 is 11.0. The largest absolute Gasteiger partial charge is 0.384 e. The molecule has 0 aliphatic carbocycles. The maximum absolute atomic E-state index is 12.0. The Morgan fingerprint density at radius 3 is 2.85 bits per heavy atom. The molecule has 0 aromatic carbocycles. The molecule has 1 aromatic heterocycles. The minimum atomic E-state index is -0.950. The van der Waals surface area contributed by atoms with E-state index in [4.69, 9.17) is 5.73 Å². The van der Waals surface area contributed by atoms with Gasteiger partial charge in [-0.25, -0.2) is 4.98 Å². The second-order valence-corrected chi connectivity index (χ2v) is 5.88. The van der Waals surface area contributed by atoms with E-state index in [2.05, 4.69) is 10.3 Å². The predicted molar refractivity (Wildman–Crippen MR) is 75.8 cm³/mol. The summed E-state index contributed by atoms with van der Waals surface area (Å²) in [5.74, 6) is -0.120. The summed E-state index contributed by atoms with van der Waals surface area (Å²) in [5.41, 5.74) is 4.91. The highest BCUT2D eigenvalue weighted by molar-refractivity contribution is 7.84. The fourth-order valence-electron chi connectivity index (χ4n) is 1.51. The van der Waals surface area contributed by atoms with Crippen LogP contribution in [0, 0.1) is 10.1 Å². The summed E-state index contributed by atoms with van der Waals surface area (Å²) >= 11 is 0. The van der Waals surface area contributed by atoms with Gasteiger partial charge in [0.25, 0.3) is 11.6 Å². The maximum Gasteiger partial charge on any atom is 0.300 e. The van der Waals surface area contributed by atoms with E-state index in [1.54, 1.807) is 13.2 Å². The molecule has 0 radical (unpaired) electrons.